The number of methoxy groups -OCH3 is 1. The summed E-state index contributed by atoms with van der Waals surface area (Å²) in [5.74, 6) is 0.983. The van der Waals surface area contributed by atoms with Crippen LogP contribution in [0.2, 0.25) is 0 Å². The quantitative estimate of drug-likeness (QED) is 0.179. The first kappa shape index (κ1) is 30.3. The van der Waals surface area contributed by atoms with E-state index in [9.17, 15) is 9.59 Å². The molecule has 9 nitrogen and oxygen atoms in total. The van der Waals surface area contributed by atoms with E-state index in [4.69, 9.17) is 9.84 Å². The Kier molecular flexibility index (Phi) is 9.08. The van der Waals surface area contributed by atoms with Gasteiger partial charge in [-0.3, -0.25) is 14.2 Å². The summed E-state index contributed by atoms with van der Waals surface area (Å²) >= 11 is 2.92. The maximum atomic E-state index is 13.8. The van der Waals surface area contributed by atoms with Gasteiger partial charge in [0, 0.05) is 17.7 Å². The van der Waals surface area contributed by atoms with Gasteiger partial charge in [0.05, 0.1) is 36.0 Å². The predicted octanol–water partition coefficient (Wildman–Crippen LogP) is 6.35. The number of nitrogens with zero attached hydrogens (tertiary/aromatic N) is 5. The Balaban J connectivity index is 1.22. The molecule has 1 aliphatic heterocycles. The lowest BCUT2D eigenvalue weighted by molar-refractivity contribution is -0.130. The molecule has 0 saturated carbocycles. The third-order valence-electron chi connectivity index (χ3n) is 7.48. The second-order valence-corrected chi connectivity index (χ2v) is 12.6. The molecule has 1 N–H and O–H groups in total. The molecule has 0 fully saturated rings. The van der Waals surface area contributed by atoms with Gasteiger partial charge in [-0.05, 0) is 72.8 Å². The van der Waals surface area contributed by atoms with Crippen LogP contribution in [0, 0.1) is 13.8 Å². The zero-order chi connectivity index (χ0) is 31.3. The molecule has 0 saturated heterocycles. The van der Waals surface area contributed by atoms with Gasteiger partial charge in [0.25, 0.3) is 11.8 Å². The van der Waals surface area contributed by atoms with Crippen molar-refractivity contribution in [3.05, 3.63) is 123 Å². The monoisotopic (exact) mass is 636 g/mol. The van der Waals surface area contributed by atoms with Crippen LogP contribution in [0.25, 0.3) is 5.69 Å². The van der Waals surface area contributed by atoms with Crippen molar-refractivity contribution in [2.45, 2.75) is 38.0 Å². The van der Waals surface area contributed by atoms with E-state index in [0.717, 1.165) is 33.0 Å². The molecular formula is C34H32N6O3S2. The number of aromatic nitrogens is 3. The summed E-state index contributed by atoms with van der Waals surface area (Å²) in [6.07, 6.45) is 0.650. The number of nitrogens with one attached hydrogen (secondary N) is 1. The summed E-state index contributed by atoms with van der Waals surface area (Å²) in [7, 11) is 1.58. The number of hydrogen-bond donors (Lipinski definition) is 1. The second kappa shape index (κ2) is 13.5. The number of benzene rings is 3. The molecule has 0 spiro atoms. The molecule has 11 heteroatoms. The summed E-state index contributed by atoms with van der Waals surface area (Å²) in [5.41, 5.74) is 5.54. The molecule has 0 bridgehead atoms. The third kappa shape index (κ3) is 6.84. The SMILES string of the molecule is COc1ccc(C(=O)NCc2nnc(SCC(=O)N3N=C(c4cccs4)C[C@@H]3c3ccc(C)cc3)n2-c2cccc(C)c2)cc1. The molecule has 228 valence electrons. The first-order valence-corrected chi connectivity index (χ1v) is 16.3. The first-order chi connectivity index (χ1) is 21.9. The molecule has 0 aliphatic carbocycles. The van der Waals surface area contributed by atoms with E-state index in [1.54, 1.807) is 47.7 Å². The first-order valence-electron chi connectivity index (χ1n) is 14.5. The van der Waals surface area contributed by atoms with E-state index >= 15 is 0 Å². The summed E-state index contributed by atoms with van der Waals surface area (Å²) < 4.78 is 7.08. The van der Waals surface area contributed by atoms with E-state index < -0.39 is 0 Å². The molecular weight excluding hydrogens is 605 g/mol. The van der Waals surface area contributed by atoms with Crippen LogP contribution in [0.1, 0.15) is 50.2 Å². The minimum atomic E-state index is -0.239. The molecule has 1 aliphatic rings. The highest BCUT2D eigenvalue weighted by Gasteiger charge is 2.33. The lowest BCUT2D eigenvalue weighted by Crippen LogP contribution is -2.28. The van der Waals surface area contributed by atoms with E-state index in [2.05, 4.69) is 46.7 Å². The normalized spacial score (nSPS) is 14.3. The Morgan fingerprint density at radius 1 is 0.978 bits per heavy atom. The van der Waals surface area contributed by atoms with Crippen LogP contribution in [-0.4, -0.2) is 50.2 Å². The minimum Gasteiger partial charge on any atom is -0.497 e. The number of aryl methyl sites for hydroxylation is 2. The minimum absolute atomic E-state index is 0.117. The number of carbonyl (C=O) groups excluding carboxylic acids is 2. The fourth-order valence-electron chi connectivity index (χ4n) is 5.11. The molecule has 0 radical (unpaired) electrons. The number of hydrazone groups is 1. The highest BCUT2D eigenvalue weighted by Crippen LogP contribution is 2.35. The molecule has 3 aromatic carbocycles. The lowest BCUT2D eigenvalue weighted by Gasteiger charge is -2.22. The van der Waals surface area contributed by atoms with E-state index in [1.165, 1.54) is 11.8 Å². The third-order valence-corrected chi connectivity index (χ3v) is 9.31. The van der Waals surface area contributed by atoms with Crippen molar-refractivity contribution >= 4 is 40.6 Å². The summed E-state index contributed by atoms with van der Waals surface area (Å²) in [6.45, 7) is 4.21. The van der Waals surface area contributed by atoms with Crippen LogP contribution in [0.15, 0.2) is 101 Å². The summed E-state index contributed by atoms with van der Waals surface area (Å²) in [4.78, 5) is 27.7. The van der Waals surface area contributed by atoms with Gasteiger partial charge >= 0.3 is 0 Å². The Morgan fingerprint density at radius 3 is 2.49 bits per heavy atom. The Hall–Kier alpha value is -4.74. The Bertz CT molecular complexity index is 1830. The standard InChI is InChI=1S/C34H32N6O3S2/c1-22-9-11-24(12-10-22)29-19-28(30-8-5-17-44-30)38-40(29)32(41)21-45-34-37-36-31(39(34)26-7-4-6-23(2)18-26)20-35-33(42)25-13-15-27(43-3)16-14-25/h4-18,29H,19-21H2,1-3H3,(H,35,42)/t29-/m1/s1. The van der Waals surface area contributed by atoms with Crippen LogP contribution in [0.4, 0.5) is 0 Å². The summed E-state index contributed by atoms with van der Waals surface area (Å²) in [5, 5.41) is 20.8. The number of rotatable bonds is 10. The van der Waals surface area contributed by atoms with Crippen LogP contribution in [0.5, 0.6) is 5.75 Å². The van der Waals surface area contributed by atoms with Crippen LogP contribution >= 0.6 is 23.1 Å². The smallest absolute Gasteiger partial charge is 0.253 e. The van der Waals surface area contributed by atoms with Gasteiger partial charge in [-0.2, -0.15) is 5.10 Å². The van der Waals surface area contributed by atoms with Crippen molar-refractivity contribution in [1.29, 1.82) is 0 Å². The number of hydrogen-bond acceptors (Lipinski definition) is 8. The lowest BCUT2D eigenvalue weighted by atomic mass is 10.00. The number of thiophene rings is 1. The van der Waals surface area contributed by atoms with Gasteiger partial charge < -0.3 is 10.1 Å². The van der Waals surface area contributed by atoms with Gasteiger partial charge in [0.15, 0.2) is 11.0 Å². The highest BCUT2D eigenvalue weighted by atomic mass is 32.2. The van der Waals surface area contributed by atoms with Crippen molar-refractivity contribution in [2.24, 2.45) is 5.10 Å². The van der Waals surface area contributed by atoms with Crippen molar-refractivity contribution in [2.75, 3.05) is 12.9 Å². The fourth-order valence-corrected chi connectivity index (χ4v) is 6.66. The largest absolute Gasteiger partial charge is 0.497 e. The predicted molar refractivity (Wildman–Crippen MR) is 177 cm³/mol. The van der Waals surface area contributed by atoms with Crippen molar-refractivity contribution < 1.29 is 14.3 Å². The Labute approximate surface area is 270 Å². The number of amides is 2. The van der Waals surface area contributed by atoms with Crippen LogP contribution < -0.4 is 10.1 Å². The molecule has 2 amide bonds. The molecule has 1 atom stereocenters. The van der Waals surface area contributed by atoms with Gasteiger partial charge in [-0.25, -0.2) is 5.01 Å². The second-order valence-electron chi connectivity index (χ2n) is 10.7. The van der Waals surface area contributed by atoms with Gasteiger partial charge in [0.2, 0.25) is 0 Å². The maximum absolute atomic E-state index is 13.8. The fraction of sp³-hybridized carbons (Fsp3) is 0.206. The topological polar surface area (TPSA) is 102 Å². The van der Waals surface area contributed by atoms with E-state index in [1.807, 2.05) is 53.3 Å². The zero-order valence-electron chi connectivity index (χ0n) is 25.1. The van der Waals surface area contributed by atoms with E-state index in [-0.39, 0.29) is 30.2 Å². The van der Waals surface area contributed by atoms with Crippen molar-refractivity contribution in [3.8, 4) is 11.4 Å². The van der Waals surface area contributed by atoms with Crippen LogP contribution in [-0.2, 0) is 11.3 Å². The molecule has 0 unspecified atom stereocenters. The molecule has 3 heterocycles. The molecule has 2 aromatic heterocycles. The molecule has 5 aromatic rings. The van der Waals surface area contributed by atoms with Gasteiger partial charge in [-0.1, -0.05) is 59.8 Å². The Morgan fingerprint density at radius 2 is 1.78 bits per heavy atom. The average Bonchev–Trinajstić information content (AvgIpc) is 3.83. The molecule has 45 heavy (non-hydrogen) atoms. The number of carbonyl (C=O) groups is 2. The highest BCUT2D eigenvalue weighted by molar-refractivity contribution is 7.99. The average molecular weight is 637 g/mol. The zero-order valence-corrected chi connectivity index (χ0v) is 26.8. The van der Waals surface area contributed by atoms with E-state index in [0.29, 0.717) is 28.7 Å². The van der Waals surface area contributed by atoms with Crippen LogP contribution in [0.3, 0.4) is 0 Å². The van der Waals surface area contributed by atoms with Crippen molar-refractivity contribution in [1.82, 2.24) is 25.1 Å². The number of ether oxygens (including phenoxy) is 1. The summed E-state index contributed by atoms with van der Waals surface area (Å²) in [6, 6.07) is 27.0. The molecule has 6 rings (SSSR count). The number of thioether (sulfide) groups is 1. The van der Waals surface area contributed by atoms with Gasteiger partial charge in [0.1, 0.15) is 5.75 Å². The maximum Gasteiger partial charge on any atom is 0.253 e. The van der Waals surface area contributed by atoms with Crippen molar-refractivity contribution in [3.63, 3.8) is 0 Å². The van der Waals surface area contributed by atoms with Gasteiger partial charge in [-0.15, -0.1) is 21.5 Å².